The molecule has 5 nitrogen and oxygen atoms in total. The van der Waals surface area contributed by atoms with Gasteiger partial charge in [0.25, 0.3) is 0 Å². The molecule has 0 aliphatic carbocycles. The lowest BCUT2D eigenvalue weighted by molar-refractivity contribution is -0.122. The number of carbonyl (C=O) groups is 1. The van der Waals surface area contributed by atoms with E-state index in [1.54, 1.807) is 0 Å². The number of nitrogens with one attached hydrogen (secondary N) is 2. The lowest BCUT2D eigenvalue weighted by Crippen LogP contribution is -2.35. The minimum atomic E-state index is 0.116. The van der Waals surface area contributed by atoms with Crippen molar-refractivity contribution in [2.75, 3.05) is 26.3 Å². The van der Waals surface area contributed by atoms with E-state index in [0.29, 0.717) is 31.4 Å². The molecule has 2 aliphatic rings. The quantitative estimate of drug-likeness (QED) is 0.785. The van der Waals surface area contributed by atoms with E-state index in [2.05, 4.69) is 42.7 Å². The second kappa shape index (κ2) is 9.38. The van der Waals surface area contributed by atoms with Crippen molar-refractivity contribution in [3.8, 4) is 5.75 Å². The highest BCUT2D eigenvalue weighted by molar-refractivity contribution is 5.76. The fourth-order valence-corrected chi connectivity index (χ4v) is 3.79. The van der Waals surface area contributed by atoms with E-state index in [9.17, 15) is 4.79 Å². The topological polar surface area (TPSA) is 59.6 Å². The predicted octanol–water partition coefficient (Wildman–Crippen LogP) is 2.80. The maximum Gasteiger partial charge on any atom is 0.220 e. The van der Waals surface area contributed by atoms with Crippen LogP contribution in [0.2, 0.25) is 0 Å². The summed E-state index contributed by atoms with van der Waals surface area (Å²) in [7, 11) is 0. The molecule has 5 heteroatoms. The van der Waals surface area contributed by atoms with E-state index in [1.165, 1.54) is 12.8 Å². The van der Waals surface area contributed by atoms with Gasteiger partial charge in [0.2, 0.25) is 5.91 Å². The van der Waals surface area contributed by atoms with Crippen molar-refractivity contribution < 1.29 is 14.3 Å². The minimum Gasteiger partial charge on any atom is -0.488 e. The Morgan fingerprint density at radius 3 is 3.04 bits per heavy atom. The molecule has 2 saturated heterocycles. The first-order chi connectivity index (χ1) is 12.6. The van der Waals surface area contributed by atoms with Crippen LogP contribution in [0.5, 0.6) is 5.75 Å². The summed E-state index contributed by atoms with van der Waals surface area (Å²) in [5.41, 5.74) is 2.19. The van der Waals surface area contributed by atoms with Gasteiger partial charge in [0.15, 0.2) is 0 Å². The smallest absolute Gasteiger partial charge is 0.220 e. The van der Waals surface area contributed by atoms with Crippen LogP contribution in [0.4, 0.5) is 0 Å². The van der Waals surface area contributed by atoms with E-state index >= 15 is 0 Å². The van der Waals surface area contributed by atoms with Crippen molar-refractivity contribution in [3.05, 3.63) is 29.3 Å². The van der Waals surface area contributed by atoms with Crippen molar-refractivity contribution in [2.24, 2.45) is 11.8 Å². The lowest BCUT2D eigenvalue weighted by Gasteiger charge is -2.28. The Kier molecular flexibility index (Phi) is 6.92. The van der Waals surface area contributed by atoms with Crippen LogP contribution < -0.4 is 15.4 Å². The zero-order chi connectivity index (χ0) is 18.4. The number of benzene rings is 1. The van der Waals surface area contributed by atoms with Crippen molar-refractivity contribution in [1.82, 2.24) is 10.6 Å². The molecule has 1 aromatic carbocycles. The first kappa shape index (κ1) is 19.2. The number of carbonyl (C=O) groups excluding carboxylic acids is 1. The van der Waals surface area contributed by atoms with E-state index in [0.717, 1.165) is 43.0 Å². The van der Waals surface area contributed by atoms with Gasteiger partial charge < -0.3 is 20.1 Å². The van der Waals surface area contributed by atoms with Gasteiger partial charge in [-0.2, -0.15) is 0 Å². The van der Waals surface area contributed by atoms with Crippen LogP contribution in [0.15, 0.2) is 18.2 Å². The number of hydrogen-bond donors (Lipinski definition) is 2. The van der Waals surface area contributed by atoms with Crippen LogP contribution in [-0.4, -0.2) is 38.3 Å². The molecule has 0 bridgehead atoms. The molecule has 0 spiro atoms. The van der Waals surface area contributed by atoms with Gasteiger partial charge in [-0.3, -0.25) is 4.79 Å². The number of piperidine rings is 1. The van der Waals surface area contributed by atoms with Gasteiger partial charge in [-0.15, -0.1) is 0 Å². The molecule has 2 heterocycles. The summed E-state index contributed by atoms with van der Waals surface area (Å²) in [6.07, 6.45) is 4.06. The average molecular weight is 360 g/mol. The molecule has 26 heavy (non-hydrogen) atoms. The molecule has 3 atom stereocenters. The normalized spacial score (nSPS) is 24.2. The third-order valence-electron chi connectivity index (χ3n) is 5.53. The number of rotatable bonds is 7. The van der Waals surface area contributed by atoms with Crippen LogP contribution in [0.3, 0.4) is 0 Å². The van der Waals surface area contributed by atoms with Gasteiger partial charge in [-0.1, -0.05) is 19.1 Å². The molecule has 0 radical (unpaired) electrons. The summed E-state index contributed by atoms with van der Waals surface area (Å²) in [5, 5.41) is 6.52. The second-order valence-corrected chi connectivity index (χ2v) is 7.78. The Bertz CT molecular complexity index is 593. The molecular weight excluding hydrogens is 328 g/mol. The average Bonchev–Trinajstić information content (AvgIpc) is 3.15. The Hall–Kier alpha value is -1.59. The maximum absolute atomic E-state index is 12.4. The molecule has 144 valence electrons. The van der Waals surface area contributed by atoms with Gasteiger partial charge in [-0.05, 0) is 56.3 Å². The van der Waals surface area contributed by atoms with E-state index in [4.69, 9.17) is 9.47 Å². The van der Waals surface area contributed by atoms with Gasteiger partial charge in [0, 0.05) is 24.9 Å². The lowest BCUT2D eigenvalue weighted by atomic mass is 9.85. The molecule has 3 unspecified atom stereocenters. The molecule has 0 saturated carbocycles. The summed E-state index contributed by atoms with van der Waals surface area (Å²) >= 11 is 0. The zero-order valence-corrected chi connectivity index (χ0v) is 16.1. The molecule has 2 aliphatic heterocycles. The van der Waals surface area contributed by atoms with Gasteiger partial charge >= 0.3 is 0 Å². The van der Waals surface area contributed by atoms with Crippen LogP contribution in [-0.2, 0) is 16.1 Å². The maximum atomic E-state index is 12.4. The van der Waals surface area contributed by atoms with Crippen molar-refractivity contribution in [3.63, 3.8) is 0 Å². The first-order valence-electron chi connectivity index (χ1n) is 9.93. The molecule has 1 amide bonds. The number of aryl methyl sites for hydroxylation is 1. The van der Waals surface area contributed by atoms with Crippen molar-refractivity contribution in [2.45, 2.75) is 52.2 Å². The Morgan fingerprint density at radius 1 is 1.42 bits per heavy atom. The van der Waals surface area contributed by atoms with E-state index in [1.807, 2.05) is 0 Å². The van der Waals surface area contributed by atoms with Crippen LogP contribution in [0.1, 0.15) is 43.7 Å². The predicted molar refractivity (Wildman–Crippen MR) is 102 cm³/mol. The summed E-state index contributed by atoms with van der Waals surface area (Å²) in [6, 6.07) is 6.17. The fourth-order valence-electron chi connectivity index (χ4n) is 3.79. The van der Waals surface area contributed by atoms with Gasteiger partial charge in [0.1, 0.15) is 11.9 Å². The minimum absolute atomic E-state index is 0.116. The SMILES string of the molecule is Cc1ccc(CNC(=O)CC(C)C2CCCNC2)c(OC2CCOC2)c1. The summed E-state index contributed by atoms with van der Waals surface area (Å²) in [6.45, 7) is 8.31. The number of ether oxygens (including phenoxy) is 2. The Morgan fingerprint density at radius 2 is 2.31 bits per heavy atom. The van der Waals surface area contributed by atoms with Crippen molar-refractivity contribution in [1.29, 1.82) is 0 Å². The van der Waals surface area contributed by atoms with Crippen LogP contribution in [0.25, 0.3) is 0 Å². The van der Waals surface area contributed by atoms with Crippen LogP contribution in [0, 0.1) is 18.8 Å². The largest absolute Gasteiger partial charge is 0.488 e. The number of amides is 1. The zero-order valence-electron chi connectivity index (χ0n) is 16.1. The van der Waals surface area contributed by atoms with Crippen molar-refractivity contribution >= 4 is 5.91 Å². The third-order valence-corrected chi connectivity index (χ3v) is 5.53. The van der Waals surface area contributed by atoms with Gasteiger partial charge in [0.05, 0.1) is 13.2 Å². The Balaban J connectivity index is 1.52. The monoisotopic (exact) mass is 360 g/mol. The molecule has 3 rings (SSSR count). The molecule has 0 aromatic heterocycles. The molecular formula is C21H32N2O3. The summed E-state index contributed by atoms with van der Waals surface area (Å²) in [5.74, 6) is 2.01. The highest BCUT2D eigenvalue weighted by atomic mass is 16.5. The molecule has 2 N–H and O–H groups in total. The van der Waals surface area contributed by atoms with Crippen LogP contribution >= 0.6 is 0 Å². The second-order valence-electron chi connectivity index (χ2n) is 7.78. The molecule has 2 fully saturated rings. The summed E-state index contributed by atoms with van der Waals surface area (Å²) < 4.78 is 11.5. The fraction of sp³-hybridized carbons (Fsp3) is 0.667. The first-order valence-corrected chi connectivity index (χ1v) is 9.93. The molecule has 1 aromatic rings. The summed E-state index contributed by atoms with van der Waals surface area (Å²) in [4.78, 5) is 12.4. The highest BCUT2D eigenvalue weighted by Gasteiger charge is 2.22. The highest BCUT2D eigenvalue weighted by Crippen LogP contribution is 2.25. The van der Waals surface area contributed by atoms with E-state index < -0.39 is 0 Å². The van der Waals surface area contributed by atoms with Gasteiger partial charge in [-0.25, -0.2) is 0 Å². The Labute approximate surface area is 156 Å². The van der Waals surface area contributed by atoms with E-state index in [-0.39, 0.29) is 12.0 Å². The third kappa shape index (κ3) is 5.45. The standard InChI is InChI=1S/C21H32N2O3/c1-15-5-6-18(20(10-15)26-19-7-9-25-14-19)13-23-21(24)11-16(2)17-4-3-8-22-12-17/h5-6,10,16-17,19,22H,3-4,7-9,11-14H2,1-2H3,(H,23,24). The number of hydrogen-bond acceptors (Lipinski definition) is 4.